The second-order valence-corrected chi connectivity index (χ2v) is 1.67. The number of aryl methyl sites for hydroxylation is 1. The van der Waals surface area contributed by atoms with E-state index in [9.17, 15) is 0 Å². The van der Waals surface area contributed by atoms with E-state index in [0.717, 1.165) is 0 Å². The van der Waals surface area contributed by atoms with Crippen LogP contribution in [0.1, 0.15) is 5.82 Å². The predicted octanol–water partition coefficient (Wildman–Crippen LogP) is -0.119. The molecule has 1 heterocycles. The molecule has 4 heteroatoms. The number of aromatic nitrogens is 3. The molecule has 46 valence electrons. The number of hydrogen-bond donors (Lipinski definition) is 0. The summed E-state index contributed by atoms with van der Waals surface area (Å²) in [5.41, 5.74) is 0. The summed E-state index contributed by atoms with van der Waals surface area (Å²) in [4.78, 5) is 3.83. The molecule has 9 heavy (non-hydrogen) atoms. The van der Waals surface area contributed by atoms with E-state index >= 15 is 0 Å². The normalized spacial score (nSPS) is 8.89. The van der Waals surface area contributed by atoms with E-state index in [1.165, 1.54) is 0 Å². The lowest BCUT2D eigenvalue weighted by Gasteiger charge is -1.79. The molecule has 0 aliphatic rings. The smallest absolute Gasteiger partial charge is 0.164 e. The van der Waals surface area contributed by atoms with E-state index in [1.807, 2.05) is 6.07 Å². The highest BCUT2D eigenvalue weighted by molar-refractivity contribution is 4.91. The van der Waals surface area contributed by atoms with Crippen LogP contribution in [0.2, 0.25) is 0 Å². The lowest BCUT2D eigenvalue weighted by molar-refractivity contribution is 0.751. The van der Waals surface area contributed by atoms with Crippen molar-refractivity contribution in [1.82, 2.24) is 14.8 Å². The maximum Gasteiger partial charge on any atom is 0.164 e. The van der Waals surface area contributed by atoms with Crippen LogP contribution in [0.5, 0.6) is 0 Å². The van der Waals surface area contributed by atoms with Crippen LogP contribution in [0.3, 0.4) is 0 Å². The molecule has 0 aliphatic heterocycles. The summed E-state index contributed by atoms with van der Waals surface area (Å²) in [6.45, 7) is 0. The molecule has 0 aromatic carbocycles. The van der Waals surface area contributed by atoms with Crippen molar-refractivity contribution in [2.24, 2.45) is 7.05 Å². The number of rotatable bonds is 1. The van der Waals surface area contributed by atoms with Crippen LogP contribution in [0.15, 0.2) is 6.33 Å². The van der Waals surface area contributed by atoms with Crippen LogP contribution in [-0.4, -0.2) is 14.8 Å². The average molecular weight is 122 g/mol. The Hall–Kier alpha value is -1.37. The second-order valence-electron chi connectivity index (χ2n) is 1.67. The third kappa shape index (κ3) is 1.26. The minimum Gasteiger partial charge on any atom is -0.256 e. The summed E-state index contributed by atoms with van der Waals surface area (Å²) in [5, 5.41) is 12.1. The van der Waals surface area contributed by atoms with Gasteiger partial charge in [0, 0.05) is 7.05 Å². The van der Waals surface area contributed by atoms with E-state index < -0.39 is 0 Å². The van der Waals surface area contributed by atoms with Gasteiger partial charge in [0.05, 0.1) is 12.5 Å². The fourth-order valence-corrected chi connectivity index (χ4v) is 0.536. The summed E-state index contributed by atoms with van der Waals surface area (Å²) >= 11 is 0. The summed E-state index contributed by atoms with van der Waals surface area (Å²) in [6, 6.07) is 1.96. The first-order valence-corrected chi connectivity index (χ1v) is 2.54. The van der Waals surface area contributed by atoms with Crippen molar-refractivity contribution in [2.45, 2.75) is 6.42 Å². The highest BCUT2D eigenvalue weighted by atomic mass is 15.3. The van der Waals surface area contributed by atoms with Gasteiger partial charge in [-0.2, -0.15) is 10.4 Å². The Morgan fingerprint density at radius 3 is 3.11 bits per heavy atom. The summed E-state index contributed by atoms with van der Waals surface area (Å²) in [5.74, 6) is 0.583. The highest BCUT2D eigenvalue weighted by Gasteiger charge is 1.93. The Morgan fingerprint density at radius 2 is 2.67 bits per heavy atom. The Balaban J connectivity index is 2.76. The van der Waals surface area contributed by atoms with Crippen LogP contribution in [0.4, 0.5) is 0 Å². The standard InChI is InChI=1S/C5H6N4/c1-9-4-7-5(8-9)2-3-6/h4H,2H2,1H3. The molecule has 4 nitrogen and oxygen atoms in total. The van der Waals surface area contributed by atoms with Crippen LogP contribution < -0.4 is 0 Å². The van der Waals surface area contributed by atoms with Gasteiger partial charge >= 0.3 is 0 Å². The van der Waals surface area contributed by atoms with Crippen LogP contribution in [0, 0.1) is 11.3 Å². The van der Waals surface area contributed by atoms with E-state index in [2.05, 4.69) is 10.1 Å². The summed E-state index contributed by atoms with van der Waals surface area (Å²) < 4.78 is 1.58. The highest BCUT2D eigenvalue weighted by Crippen LogP contribution is 1.86. The fourth-order valence-electron chi connectivity index (χ4n) is 0.536. The largest absolute Gasteiger partial charge is 0.256 e. The van der Waals surface area contributed by atoms with Crippen molar-refractivity contribution in [3.63, 3.8) is 0 Å². The molecule has 0 fully saturated rings. The molecule has 0 bridgehead atoms. The number of nitrogens with zero attached hydrogens (tertiary/aromatic N) is 4. The molecule has 0 atom stereocenters. The van der Waals surface area contributed by atoms with Gasteiger partial charge in [-0.25, -0.2) is 4.98 Å². The zero-order valence-electron chi connectivity index (χ0n) is 5.07. The van der Waals surface area contributed by atoms with Gasteiger partial charge in [-0.1, -0.05) is 0 Å². The van der Waals surface area contributed by atoms with E-state index in [4.69, 9.17) is 5.26 Å². The molecule has 1 rings (SSSR count). The predicted molar refractivity (Wildman–Crippen MR) is 30.3 cm³/mol. The first-order valence-electron chi connectivity index (χ1n) is 2.54. The lowest BCUT2D eigenvalue weighted by Crippen LogP contribution is -1.89. The van der Waals surface area contributed by atoms with Gasteiger partial charge in [0.25, 0.3) is 0 Å². The van der Waals surface area contributed by atoms with Crippen molar-refractivity contribution >= 4 is 0 Å². The zero-order chi connectivity index (χ0) is 6.69. The maximum atomic E-state index is 8.19. The number of nitriles is 1. The SMILES string of the molecule is Cn1cnc(CC#N)n1. The molecule has 0 radical (unpaired) electrons. The van der Waals surface area contributed by atoms with Gasteiger partial charge in [0.2, 0.25) is 0 Å². The molecule has 0 aliphatic carbocycles. The van der Waals surface area contributed by atoms with Gasteiger partial charge in [-0.15, -0.1) is 0 Å². The van der Waals surface area contributed by atoms with Crippen LogP contribution >= 0.6 is 0 Å². The molecule has 0 saturated carbocycles. The van der Waals surface area contributed by atoms with Gasteiger partial charge in [-0.3, -0.25) is 4.68 Å². The fraction of sp³-hybridized carbons (Fsp3) is 0.400. The summed E-state index contributed by atoms with van der Waals surface area (Å²) in [7, 11) is 1.77. The molecule has 0 unspecified atom stereocenters. The van der Waals surface area contributed by atoms with Gasteiger partial charge in [0.15, 0.2) is 5.82 Å². The molecule has 0 N–H and O–H groups in total. The molecular weight excluding hydrogens is 116 g/mol. The third-order valence-electron chi connectivity index (χ3n) is 0.884. The Labute approximate surface area is 52.7 Å². The minimum atomic E-state index is 0.292. The molecule has 1 aromatic heterocycles. The maximum absolute atomic E-state index is 8.19. The van der Waals surface area contributed by atoms with E-state index in [0.29, 0.717) is 12.2 Å². The Morgan fingerprint density at radius 1 is 1.89 bits per heavy atom. The monoisotopic (exact) mass is 122 g/mol. The minimum absolute atomic E-state index is 0.292. The average Bonchev–Trinajstić information content (AvgIpc) is 2.17. The van der Waals surface area contributed by atoms with Crippen molar-refractivity contribution in [3.05, 3.63) is 12.2 Å². The molecule has 0 amide bonds. The zero-order valence-corrected chi connectivity index (χ0v) is 5.07. The Bertz CT molecular complexity index is 231. The van der Waals surface area contributed by atoms with Crippen LogP contribution in [0.25, 0.3) is 0 Å². The molecule has 1 aromatic rings. The van der Waals surface area contributed by atoms with Crippen molar-refractivity contribution in [3.8, 4) is 6.07 Å². The number of hydrogen-bond acceptors (Lipinski definition) is 3. The summed E-state index contributed by atoms with van der Waals surface area (Å²) in [6.07, 6.45) is 1.87. The quantitative estimate of drug-likeness (QED) is 0.521. The van der Waals surface area contributed by atoms with E-state index in [1.54, 1.807) is 18.1 Å². The molecule has 0 spiro atoms. The third-order valence-corrected chi connectivity index (χ3v) is 0.884. The van der Waals surface area contributed by atoms with Crippen molar-refractivity contribution in [1.29, 1.82) is 5.26 Å². The van der Waals surface area contributed by atoms with Crippen molar-refractivity contribution in [2.75, 3.05) is 0 Å². The van der Waals surface area contributed by atoms with E-state index in [-0.39, 0.29) is 0 Å². The Kier molecular flexibility index (Phi) is 1.45. The topological polar surface area (TPSA) is 54.5 Å². The molecule has 0 saturated heterocycles. The first-order chi connectivity index (χ1) is 4.33. The first kappa shape index (κ1) is 5.76. The van der Waals surface area contributed by atoms with Gasteiger partial charge < -0.3 is 0 Å². The molecular formula is C5H6N4. The van der Waals surface area contributed by atoms with Crippen LogP contribution in [-0.2, 0) is 13.5 Å². The van der Waals surface area contributed by atoms with Gasteiger partial charge in [0.1, 0.15) is 6.33 Å². The second kappa shape index (κ2) is 2.27. The van der Waals surface area contributed by atoms with Crippen molar-refractivity contribution < 1.29 is 0 Å². The van der Waals surface area contributed by atoms with Gasteiger partial charge in [-0.05, 0) is 0 Å². The lowest BCUT2D eigenvalue weighted by atomic mass is 10.5.